The molecule has 2 nitrogen and oxygen atoms in total. The highest BCUT2D eigenvalue weighted by Crippen LogP contribution is 2.44. The summed E-state index contributed by atoms with van der Waals surface area (Å²) in [6, 6.07) is 0. The summed E-state index contributed by atoms with van der Waals surface area (Å²) in [5.74, 6) is 1.09. The van der Waals surface area contributed by atoms with Crippen LogP contribution in [-0.2, 0) is 4.74 Å². The van der Waals surface area contributed by atoms with Crippen molar-refractivity contribution < 1.29 is 9.84 Å². The molecule has 1 aliphatic carbocycles. The molecule has 1 heterocycles. The highest BCUT2D eigenvalue weighted by atomic mass is 16.6. The fourth-order valence-electron chi connectivity index (χ4n) is 2.39. The lowest BCUT2D eigenvalue weighted by atomic mass is 9.75. The van der Waals surface area contributed by atoms with Gasteiger partial charge in [-0.3, -0.25) is 0 Å². The summed E-state index contributed by atoms with van der Waals surface area (Å²) < 4.78 is 5.38. The Labute approximate surface area is 73.9 Å². The summed E-state index contributed by atoms with van der Waals surface area (Å²) in [7, 11) is 0. The summed E-state index contributed by atoms with van der Waals surface area (Å²) in [5, 5.41) is 9.83. The average Bonchev–Trinajstić information content (AvgIpc) is 2.68. The van der Waals surface area contributed by atoms with E-state index in [4.69, 9.17) is 4.74 Å². The lowest BCUT2D eigenvalue weighted by molar-refractivity contribution is 0.0103. The number of aliphatic hydroxyl groups is 1. The van der Waals surface area contributed by atoms with Crippen LogP contribution < -0.4 is 0 Å². The zero-order chi connectivity index (χ0) is 8.77. The van der Waals surface area contributed by atoms with E-state index < -0.39 is 0 Å². The first kappa shape index (κ1) is 8.52. The monoisotopic (exact) mass is 170 g/mol. The Hall–Kier alpha value is -0.0800. The molecule has 2 rings (SSSR count). The normalized spacial score (nSPS) is 53.8. The smallest absolute Gasteiger partial charge is 0.0941 e. The Morgan fingerprint density at radius 1 is 1.42 bits per heavy atom. The van der Waals surface area contributed by atoms with Crippen LogP contribution in [0, 0.1) is 11.8 Å². The van der Waals surface area contributed by atoms with Crippen LogP contribution in [0.2, 0.25) is 0 Å². The zero-order valence-corrected chi connectivity index (χ0v) is 7.92. The number of hydrogen-bond acceptors (Lipinski definition) is 2. The molecule has 1 N–H and O–H groups in total. The van der Waals surface area contributed by atoms with Gasteiger partial charge in [0.25, 0.3) is 0 Å². The molecular formula is C10H18O2. The molecule has 1 saturated carbocycles. The minimum atomic E-state index is -0.124. The lowest BCUT2D eigenvalue weighted by Gasteiger charge is -2.33. The SMILES string of the molecule is CC1CCC(C2(C)CO2)[C@H](O)C1. The number of ether oxygens (including phenoxy) is 1. The molecule has 0 aromatic heterocycles. The summed E-state index contributed by atoms with van der Waals surface area (Å²) in [6.07, 6.45) is 3.23. The van der Waals surface area contributed by atoms with Gasteiger partial charge >= 0.3 is 0 Å². The molecule has 0 bridgehead atoms. The second-order valence-corrected chi connectivity index (χ2v) is 4.69. The van der Waals surface area contributed by atoms with Crippen molar-refractivity contribution in [1.29, 1.82) is 0 Å². The van der Waals surface area contributed by atoms with Crippen molar-refractivity contribution in [2.75, 3.05) is 6.61 Å². The van der Waals surface area contributed by atoms with Crippen LogP contribution in [-0.4, -0.2) is 23.4 Å². The van der Waals surface area contributed by atoms with E-state index in [1.165, 1.54) is 6.42 Å². The fraction of sp³-hybridized carbons (Fsp3) is 1.00. The van der Waals surface area contributed by atoms with Crippen LogP contribution >= 0.6 is 0 Å². The molecule has 2 fully saturated rings. The molecule has 0 amide bonds. The Morgan fingerprint density at radius 3 is 2.58 bits per heavy atom. The van der Waals surface area contributed by atoms with Crippen molar-refractivity contribution in [3.05, 3.63) is 0 Å². The first-order valence-corrected chi connectivity index (χ1v) is 4.94. The third-order valence-corrected chi connectivity index (χ3v) is 3.46. The molecule has 0 spiro atoms. The van der Waals surface area contributed by atoms with Gasteiger partial charge in [0.05, 0.1) is 18.3 Å². The standard InChI is InChI=1S/C10H18O2/c1-7-3-4-8(9(11)5-7)10(2)6-12-10/h7-9,11H,3-6H2,1-2H3/t7?,8?,9-,10?/m1/s1. The Morgan fingerprint density at radius 2 is 2.08 bits per heavy atom. The maximum Gasteiger partial charge on any atom is 0.0941 e. The topological polar surface area (TPSA) is 32.8 Å². The van der Waals surface area contributed by atoms with Gasteiger partial charge in [0, 0.05) is 5.92 Å². The van der Waals surface area contributed by atoms with Crippen molar-refractivity contribution in [3.8, 4) is 0 Å². The van der Waals surface area contributed by atoms with Crippen LogP contribution in [0.5, 0.6) is 0 Å². The number of hydrogen-bond donors (Lipinski definition) is 1. The third kappa shape index (κ3) is 1.38. The molecular weight excluding hydrogens is 152 g/mol. The highest BCUT2D eigenvalue weighted by molar-refractivity contribution is 4.99. The van der Waals surface area contributed by atoms with E-state index in [2.05, 4.69) is 13.8 Å². The van der Waals surface area contributed by atoms with Gasteiger partial charge in [-0.1, -0.05) is 13.3 Å². The number of aliphatic hydroxyl groups excluding tert-OH is 1. The fourth-order valence-corrected chi connectivity index (χ4v) is 2.39. The average molecular weight is 170 g/mol. The van der Waals surface area contributed by atoms with Crippen molar-refractivity contribution in [3.63, 3.8) is 0 Å². The molecule has 1 saturated heterocycles. The molecule has 2 aliphatic rings. The predicted octanol–water partition coefficient (Wildman–Crippen LogP) is 1.57. The van der Waals surface area contributed by atoms with Crippen LogP contribution in [0.15, 0.2) is 0 Å². The zero-order valence-electron chi connectivity index (χ0n) is 7.92. The van der Waals surface area contributed by atoms with Gasteiger partial charge in [-0.15, -0.1) is 0 Å². The maximum atomic E-state index is 9.83. The quantitative estimate of drug-likeness (QED) is 0.606. The molecule has 0 aromatic rings. The van der Waals surface area contributed by atoms with Crippen LogP contribution in [0.4, 0.5) is 0 Å². The molecule has 70 valence electrons. The molecule has 2 heteroatoms. The van der Waals surface area contributed by atoms with Gasteiger partial charge < -0.3 is 9.84 Å². The van der Waals surface area contributed by atoms with Gasteiger partial charge in [-0.05, 0) is 25.7 Å². The first-order chi connectivity index (χ1) is 5.62. The van der Waals surface area contributed by atoms with E-state index in [-0.39, 0.29) is 11.7 Å². The second kappa shape index (κ2) is 2.71. The van der Waals surface area contributed by atoms with E-state index in [9.17, 15) is 5.11 Å². The largest absolute Gasteiger partial charge is 0.393 e. The van der Waals surface area contributed by atoms with E-state index in [0.29, 0.717) is 11.8 Å². The van der Waals surface area contributed by atoms with Crippen LogP contribution in [0.3, 0.4) is 0 Å². The summed E-state index contributed by atoms with van der Waals surface area (Å²) in [5.41, 5.74) is 0.0273. The Balaban J connectivity index is 1.98. The van der Waals surface area contributed by atoms with E-state index in [0.717, 1.165) is 19.4 Å². The lowest BCUT2D eigenvalue weighted by Crippen LogP contribution is -2.37. The Bertz CT molecular complexity index is 175. The van der Waals surface area contributed by atoms with E-state index >= 15 is 0 Å². The van der Waals surface area contributed by atoms with Crippen molar-refractivity contribution in [2.24, 2.45) is 11.8 Å². The van der Waals surface area contributed by atoms with E-state index in [1.807, 2.05) is 0 Å². The first-order valence-electron chi connectivity index (χ1n) is 4.94. The second-order valence-electron chi connectivity index (χ2n) is 4.69. The molecule has 4 atom stereocenters. The van der Waals surface area contributed by atoms with Crippen LogP contribution in [0.1, 0.15) is 33.1 Å². The molecule has 12 heavy (non-hydrogen) atoms. The van der Waals surface area contributed by atoms with E-state index in [1.54, 1.807) is 0 Å². The van der Waals surface area contributed by atoms with Gasteiger partial charge in [-0.25, -0.2) is 0 Å². The maximum absolute atomic E-state index is 9.83. The molecule has 3 unspecified atom stereocenters. The number of rotatable bonds is 1. The summed E-state index contributed by atoms with van der Waals surface area (Å²) in [4.78, 5) is 0. The molecule has 1 aliphatic heterocycles. The van der Waals surface area contributed by atoms with Crippen molar-refractivity contribution >= 4 is 0 Å². The van der Waals surface area contributed by atoms with Gasteiger partial charge in [0.2, 0.25) is 0 Å². The van der Waals surface area contributed by atoms with Gasteiger partial charge in [0.15, 0.2) is 0 Å². The molecule has 0 radical (unpaired) electrons. The minimum absolute atomic E-state index is 0.0273. The van der Waals surface area contributed by atoms with Crippen LogP contribution in [0.25, 0.3) is 0 Å². The van der Waals surface area contributed by atoms with Crippen molar-refractivity contribution in [2.45, 2.75) is 44.8 Å². The highest BCUT2D eigenvalue weighted by Gasteiger charge is 2.50. The third-order valence-electron chi connectivity index (χ3n) is 3.46. The Kier molecular flexibility index (Phi) is 1.92. The number of epoxide rings is 1. The summed E-state index contributed by atoms with van der Waals surface area (Å²) >= 11 is 0. The molecule has 0 aromatic carbocycles. The minimum Gasteiger partial charge on any atom is -0.393 e. The van der Waals surface area contributed by atoms with Gasteiger partial charge in [0.1, 0.15) is 0 Å². The van der Waals surface area contributed by atoms with Crippen molar-refractivity contribution in [1.82, 2.24) is 0 Å². The van der Waals surface area contributed by atoms with Gasteiger partial charge in [-0.2, -0.15) is 0 Å². The summed E-state index contributed by atoms with van der Waals surface area (Å²) in [6.45, 7) is 5.19. The predicted molar refractivity (Wildman–Crippen MR) is 46.9 cm³/mol.